The summed E-state index contributed by atoms with van der Waals surface area (Å²) in [6.45, 7) is 3.47. The lowest BCUT2D eigenvalue weighted by molar-refractivity contribution is 0.0643. The van der Waals surface area contributed by atoms with Crippen molar-refractivity contribution in [1.82, 2.24) is 0 Å². The highest BCUT2D eigenvalue weighted by atomic mass is 16.5. The molecule has 1 aliphatic heterocycles. The van der Waals surface area contributed by atoms with Crippen LogP contribution in [0.1, 0.15) is 36.5 Å². The van der Waals surface area contributed by atoms with Gasteiger partial charge >= 0.3 is 0 Å². The maximum Gasteiger partial charge on any atom is 0.191 e. The quantitative estimate of drug-likeness (QED) is 0.735. The van der Waals surface area contributed by atoms with Crippen molar-refractivity contribution in [2.24, 2.45) is 0 Å². The minimum Gasteiger partial charge on any atom is -0.494 e. The molecular formula is C14H18O3. The van der Waals surface area contributed by atoms with E-state index in [-0.39, 0.29) is 11.9 Å². The number of rotatable bonds is 5. The Balaban J connectivity index is 1.99. The van der Waals surface area contributed by atoms with Crippen molar-refractivity contribution < 1.29 is 14.3 Å². The molecule has 0 saturated carbocycles. The number of hydrogen-bond acceptors (Lipinski definition) is 3. The second-order valence-corrected chi connectivity index (χ2v) is 4.24. The van der Waals surface area contributed by atoms with Crippen LogP contribution < -0.4 is 4.74 Å². The lowest BCUT2D eigenvalue weighted by atomic mass is 10.0. The Hall–Kier alpha value is -1.35. The van der Waals surface area contributed by atoms with Crippen LogP contribution in [-0.2, 0) is 4.74 Å². The molecule has 1 aromatic carbocycles. The zero-order chi connectivity index (χ0) is 12.1. The molecule has 0 radical (unpaired) electrons. The minimum absolute atomic E-state index is 0.0875. The van der Waals surface area contributed by atoms with Crippen molar-refractivity contribution in [3.8, 4) is 5.75 Å². The highest BCUT2D eigenvalue weighted by Gasteiger charge is 2.24. The smallest absolute Gasteiger partial charge is 0.191 e. The molecule has 1 aliphatic rings. The van der Waals surface area contributed by atoms with Gasteiger partial charge in [0.15, 0.2) is 5.78 Å². The van der Waals surface area contributed by atoms with E-state index in [4.69, 9.17) is 9.47 Å². The number of hydrogen-bond donors (Lipinski definition) is 0. The molecule has 1 fully saturated rings. The summed E-state index contributed by atoms with van der Waals surface area (Å²) in [5.74, 6) is 0.903. The zero-order valence-corrected chi connectivity index (χ0v) is 10.1. The summed E-state index contributed by atoms with van der Waals surface area (Å²) in [6, 6.07) is 7.32. The van der Waals surface area contributed by atoms with Crippen LogP contribution >= 0.6 is 0 Å². The largest absolute Gasteiger partial charge is 0.494 e. The van der Waals surface area contributed by atoms with E-state index < -0.39 is 0 Å². The van der Waals surface area contributed by atoms with Gasteiger partial charge in [0.05, 0.1) is 6.61 Å². The number of carbonyl (C=O) groups excluding carboxylic acids is 1. The normalized spacial score (nSPS) is 19.2. The highest BCUT2D eigenvalue weighted by Crippen LogP contribution is 2.19. The number of ether oxygens (including phenoxy) is 2. The van der Waals surface area contributed by atoms with Gasteiger partial charge < -0.3 is 9.47 Å². The van der Waals surface area contributed by atoms with Gasteiger partial charge in [-0.3, -0.25) is 4.79 Å². The molecule has 3 nitrogen and oxygen atoms in total. The van der Waals surface area contributed by atoms with Crippen molar-refractivity contribution in [3.05, 3.63) is 29.8 Å². The van der Waals surface area contributed by atoms with Gasteiger partial charge in [-0.05, 0) is 43.5 Å². The summed E-state index contributed by atoms with van der Waals surface area (Å²) in [5.41, 5.74) is 0.709. The fraction of sp³-hybridized carbons (Fsp3) is 0.500. The van der Waals surface area contributed by atoms with Crippen molar-refractivity contribution in [2.45, 2.75) is 32.3 Å². The van der Waals surface area contributed by atoms with Gasteiger partial charge in [0.25, 0.3) is 0 Å². The second-order valence-electron chi connectivity index (χ2n) is 4.24. The summed E-state index contributed by atoms with van der Waals surface area (Å²) in [7, 11) is 0. The third-order valence-corrected chi connectivity index (χ3v) is 2.83. The Morgan fingerprint density at radius 1 is 1.41 bits per heavy atom. The van der Waals surface area contributed by atoms with Crippen LogP contribution in [-0.4, -0.2) is 25.1 Å². The Morgan fingerprint density at radius 2 is 2.18 bits per heavy atom. The molecule has 1 atom stereocenters. The van der Waals surface area contributed by atoms with E-state index in [1.165, 1.54) is 0 Å². The van der Waals surface area contributed by atoms with Crippen molar-refractivity contribution in [2.75, 3.05) is 13.2 Å². The number of ketones is 1. The fourth-order valence-corrected chi connectivity index (χ4v) is 1.91. The van der Waals surface area contributed by atoms with E-state index in [2.05, 4.69) is 6.92 Å². The van der Waals surface area contributed by atoms with E-state index in [0.29, 0.717) is 18.8 Å². The Morgan fingerprint density at radius 3 is 2.76 bits per heavy atom. The molecule has 2 rings (SSSR count). The van der Waals surface area contributed by atoms with E-state index in [0.717, 1.165) is 25.0 Å². The van der Waals surface area contributed by atoms with E-state index in [1.807, 2.05) is 24.3 Å². The molecule has 17 heavy (non-hydrogen) atoms. The predicted octanol–water partition coefficient (Wildman–Crippen LogP) is 2.84. The molecule has 0 N–H and O–H groups in total. The monoisotopic (exact) mass is 234 g/mol. The summed E-state index contributed by atoms with van der Waals surface area (Å²) in [5, 5.41) is 0. The molecule has 0 bridgehead atoms. The SMILES string of the molecule is CCCOc1ccc(C(=O)C2CCCO2)cc1. The fourth-order valence-electron chi connectivity index (χ4n) is 1.91. The molecule has 3 heteroatoms. The van der Waals surface area contributed by atoms with Crippen LogP contribution in [0.5, 0.6) is 5.75 Å². The van der Waals surface area contributed by atoms with E-state index in [1.54, 1.807) is 0 Å². The molecule has 1 unspecified atom stereocenters. The molecule has 0 aliphatic carbocycles. The van der Waals surface area contributed by atoms with Crippen molar-refractivity contribution in [1.29, 1.82) is 0 Å². The van der Waals surface area contributed by atoms with Crippen LogP contribution in [0.15, 0.2) is 24.3 Å². The van der Waals surface area contributed by atoms with Gasteiger partial charge in [-0.15, -0.1) is 0 Å². The van der Waals surface area contributed by atoms with E-state index >= 15 is 0 Å². The van der Waals surface area contributed by atoms with Gasteiger partial charge in [0.1, 0.15) is 11.9 Å². The van der Waals surface area contributed by atoms with Gasteiger partial charge in [-0.25, -0.2) is 0 Å². The first-order valence-electron chi connectivity index (χ1n) is 6.20. The van der Waals surface area contributed by atoms with Crippen LogP contribution in [0.2, 0.25) is 0 Å². The second kappa shape index (κ2) is 5.82. The number of Topliss-reactive ketones (excluding diaryl/α,β-unsaturated/α-hetero) is 1. The third kappa shape index (κ3) is 3.07. The Labute approximate surface area is 102 Å². The maximum absolute atomic E-state index is 12.0. The summed E-state index contributed by atoms with van der Waals surface area (Å²) in [6.07, 6.45) is 2.56. The number of carbonyl (C=O) groups is 1. The molecule has 0 aromatic heterocycles. The zero-order valence-electron chi connectivity index (χ0n) is 10.1. The van der Waals surface area contributed by atoms with Gasteiger partial charge in [-0.2, -0.15) is 0 Å². The summed E-state index contributed by atoms with van der Waals surface area (Å²) in [4.78, 5) is 12.0. The van der Waals surface area contributed by atoms with Gasteiger partial charge in [0.2, 0.25) is 0 Å². The van der Waals surface area contributed by atoms with Crippen LogP contribution in [0.3, 0.4) is 0 Å². The molecular weight excluding hydrogens is 216 g/mol. The molecule has 92 valence electrons. The first-order valence-corrected chi connectivity index (χ1v) is 6.20. The van der Waals surface area contributed by atoms with Gasteiger partial charge in [0, 0.05) is 12.2 Å². The Bertz CT molecular complexity index is 364. The topological polar surface area (TPSA) is 35.5 Å². The molecule has 1 saturated heterocycles. The lowest BCUT2D eigenvalue weighted by Crippen LogP contribution is -2.19. The molecule has 0 spiro atoms. The average molecular weight is 234 g/mol. The average Bonchev–Trinajstić information content (AvgIpc) is 2.90. The minimum atomic E-state index is -0.239. The van der Waals surface area contributed by atoms with Crippen LogP contribution in [0, 0.1) is 0 Å². The maximum atomic E-state index is 12.0. The van der Waals surface area contributed by atoms with Crippen LogP contribution in [0.25, 0.3) is 0 Å². The first-order chi connectivity index (χ1) is 8.31. The molecule has 1 aromatic rings. The van der Waals surface area contributed by atoms with Crippen molar-refractivity contribution in [3.63, 3.8) is 0 Å². The highest BCUT2D eigenvalue weighted by molar-refractivity contribution is 5.99. The first kappa shape index (κ1) is 12.1. The predicted molar refractivity (Wildman–Crippen MR) is 65.5 cm³/mol. The third-order valence-electron chi connectivity index (χ3n) is 2.83. The van der Waals surface area contributed by atoms with Crippen molar-refractivity contribution >= 4 is 5.78 Å². The lowest BCUT2D eigenvalue weighted by Gasteiger charge is -2.09. The summed E-state index contributed by atoms with van der Waals surface area (Å²) < 4.78 is 10.9. The molecule has 1 heterocycles. The number of benzene rings is 1. The van der Waals surface area contributed by atoms with Gasteiger partial charge in [-0.1, -0.05) is 6.92 Å². The van der Waals surface area contributed by atoms with E-state index in [9.17, 15) is 4.79 Å². The standard InChI is InChI=1S/C14H18O3/c1-2-9-16-12-7-5-11(6-8-12)14(15)13-4-3-10-17-13/h5-8,13H,2-4,9-10H2,1H3. The summed E-state index contributed by atoms with van der Waals surface area (Å²) >= 11 is 0. The van der Waals surface area contributed by atoms with Crippen LogP contribution in [0.4, 0.5) is 0 Å². The Kier molecular flexibility index (Phi) is 4.15. The molecule has 0 amide bonds.